The van der Waals surface area contributed by atoms with Crippen LogP contribution in [0.15, 0.2) is 15.9 Å². The van der Waals surface area contributed by atoms with E-state index in [-0.39, 0.29) is 0 Å². The second-order valence-electron chi connectivity index (χ2n) is 3.53. The molecule has 1 fully saturated rings. The summed E-state index contributed by atoms with van der Waals surface area (Å²) < 4.78 is 1.21. The van der Waals surface area contributed by atoms with Gasteiger partial charge in [0.1, 0.15) is 0 Å². The summed E-state index contributed by atoms with van der Waals surface area (Å²) in [6.07, 6.45) is 0. The van der Waals surface area contributed by atoms with Crippen LogP contribution in [0.3, 0.4) is 0 Å². The maximum Gasteiger partial charge on any atom is 0.0701 e. The van der Waals surface area contributed by atoms with Gasteiger partial charge in [-0.2, -0.15) is 0 Å². The Morgan fingerprint density at radius 3 is 2.77 bits per heavy atom. The van der Waals surface area contributed by atoms with Crippen LogP contribution in [0.2, 0.25) is 0 Å². The van der Waals surface area contributed by atoms with Gasteiger partial charge in [0.15, 0.2) is 0 Å². The van der Waals surface area contributed by atoms with Crippen molar-refractivity contribution in [3.8, 4) is 0 Å². The monoisotopic (exact) mass is 260 g/mol. The molecule has 4 heteroatoms. The molecule has 2 heterocycles. The van der Waals surface area contributed by atoms with Gasteiger partial charge in [-0.3, -0.25) is 4.90 Å². The van der Waals surface area contributed by atoms with E-state index < -0.39 is 0 Å². The summed E-state index contributed by atoms with van der Waals surface area (Å²) in [5, 5.41) is 0. The molecule has 0 aromatic carbocycles. The second-order valence-corrected chi connectivity index (χ2v) is 6.03. The molecule has 13 heavy (non-hydrogen) atoms. The Kier molecular flexibility index (Phi) is 2.74. The lowest BCUT2D eigenvalue weighted by atomic mass is 10.1. The van der Waals surface area contributed by atoms with E-state index in [9.17, 15) is 0 Å². The lowest BCUT2D eigenvalue weighted by Crippen LogP contribution is -2.56. The van der Waals surface area contributed by atoms with Crippen molar-refractivity contribution in [2.45, 2.75) is 19.0 Å². The maximum atomic E-state index is 5.74. The molecule has 0 saturated carbocycles. The van der Waals surface area contributed by atoms with Gasteiger partial charge in [0.25, 0.3) is 0 Å². The third-order valence-electron chi connectivity index (χ3n) is 2.49. The van der Waals surface area contributed by atoms with E-state index in [0.29, 0.717) is 12.1 Å². The highest BCUT2D eigenvalue weighted by Crippen LogP contribution is 2.32. The Labute approximate surface area is 90.9 Å². The van der Waals surface area contributed by atoms with Gasteiger partial charge in [0.2, 0.25) is 0 Å². The van der Waals surface area contributed by atoms with Gasteiger partial charge in [0, 0.05) is 30.1 Å². The Hall–Kier alpha value is 0.1000. The zero-order valence-electron chi connectivity index (χ0n) is 7.53. The molecule has 0 spiro atoms. The number of nitrogens with zero attached hydrogens (tertiary/aromatic N) is 1. The largest absolute Gasteiger partial charge is 0.325 e. The summed E-state index contributed by atoms with van der Waals surface area (Å²) >= 11 is 5.29. The van der Waals surface area contributed by atoms with Gasteiger partial charge in [-0.15, -0.1) is 11.3 Å². The average molecular weight is 261 g/mol. The van der Waals surface area contributed by atoms with Crippen LogP contribution in [0.4, 0.5) is 0 Å². The van der Waals surface area contributed by atoms with Gasteiger partial charge >= 0.3 is 0 Å². The Morgan fingerprint density at radius 1 is 1.62 bits per heavy atom. The molecule has 2 N–H and O–H groups in total. The Balaban J connectivity index is 2.01. The van der Waals surface area contributed by atoms with Crippen molar-refractivity contribution in [1.82, 2.24) is 4.90 Å². The van der Waals surface area contributed by atoms with Crippen LogP contribution < -0.4 is 5.73 Å². The fourth-order valence-corrected chi connectivity index (χ4v) is 3.11. The first kappa shape index (κ1) is 9.65. The summed E-state index contributed by atoms with van der Waals surface area (Å²) in [6.45, 7) is 4.32. The molecule has 72 valence electrons. The molecule has 0 aliphatic carbocycles. The van der Waals surface area contributed by atoms with Crippen LogP contribution in [0.5, 0.6) is 0 Å². The molecule has 0 bridgehead atoms. The van der Waals surface area contributed by atoms with Gasteiger partial charge in [0.05, 0.1) is 3.79 Å². The van der Waals surface area contributed by atoms with Crippen LogP contribution in [0.25, 0.3) is 0 Å². The van der Waals surface area contributed by atoms with Crippen molar-refractivity contribution in [2.75, 3.05) is 13.1 Å². The molecule has 2 nitrogen and oxygen atoms in total. The Morgan fingerprint density at radius 2 is 2.31 bits per heavy atom. The van der Waals surface area contributed by atoms with Crippen molar-refractivity contribution in [3.63, 3.8) is 0 Å². The van der Waals surface area contributed by atoms with Gasteiger partial charge in [-0.25, -0.2) is 0 Å². The lowest BCUT2D eigenvalue weighted by Gasteiger charge is -2.40. The third kappa shape index (κ3) is 1.96. The van der Waals surface area contributed by atoms with Crippen molar-refractivity contribution >= 4 is 27.3 Å². The summed E-state index contributed by atoms with van der Waals surface area (Å²) in [5.74, 6) is 0. The predicted octanol–water partition coefficient (Wildman–Crippen LogP) is 2.21. The van der Waals surface area contributed by atoms with E-state index >= 15 is 0 Å². The lowest BCUT2D eigenvalue weighted by molar-refractivity contribution is 0.105. The number of likely N-dealkylation sites (tertiary alicyclic amines) is 1. The summed E-state index contributed by atoms with van der Waals surface area (Å²) in [6, 6.07) is 5.21. The van der Waals surface area contributed by atoms with E-state index in [0.717, 1.165) is 13.1 Å². The molecule has 0 amide bonds. The minimum atomic E-state index is 0.394. The number of hydrogen-bond acceptors (Lipinski definition) is 3. The normalized spacial score (nSPS) is 21.5. The zero-order chi connectivity index (χ0) is 9.42. The fourth-order valence-electron chi connectivity index (χ4n) is 1.60. The van der Waals surface area contributed by atoms with Gasteiger partial charge < -0.3 is 5.73 Å². The highest BCUT2D eigenvalue weighted by molar-refractivity contribution is 9.11. The SMILES string of the molecule is CC(c1ccc(Br)s1)N1CC(N)C1. The van der Waals surface area contributed by atoms with E-state index in [1.165, 1.54) is 8.66 Å². The van der Waals surface area contributed by atoms with E-state index in [1.54, 1.807) is 0 Å². The average Bonchev–Trinajstić information content (AvgIpc) is 2.45. The molecule has 0 radical (unpaired) electrons. The minimum Gasteiger partial charge on any atom is -0.325 e. The summed E-state index contributed by atoms with van der Waals surface area (Å²) in [5.41, 5.74) is 5.74. The molecule has 1 aliphatic rings. The first-order chi connectivity index (χ1) is 6.16. The highest BCUT2D eigenvalue weighted by atomic mass is 79.9. The summed E-state index contributed by atoms with van der Waals surface area (Å²) in [7, 11) is 0. The van der Waals surface area contributed by atoms with Crippen molar-refractivity contribution in [2.24, 2.45) is 5.73 Å². The molecular weight excluding hydrogens is 248 g/mol. The van der Waals surface area contributed by atoms with Crippen LogP contribution in [0, 0.1) is 0 Å². The molecule has 1 aromatic heterocycles. The minimum absolute atomic E-state index is 0.394. The van der Waals surface area contributed by atoms with Crippen LogP contribution in [0.1, 0.15) is 17.8 Å². The number of thiophene rings is 1. The standard InChI is InChI=1S/C9H13BrN2S/c1-6(12-4-7(11)5-12)8-2-3-9(10)13-8/h2-3,6-7H,4-5,11H2,1H3. The van der Waals surface area contributed by atoms with Crippen molar-refractivity contribution in [3.05, 3.63) is 20.8 Å². The topological polar surface area (TPSA) is 29.3 Å². The van der Waals surface area contributed by atoms with Crippen molar-refractivity contribution in [1.29, 1.82) is 0 Å². The number of hydrogen-bond donors (Lipinski definition) is 1. The van der Waals surface area contributed by atoms with Gasteiger partial charge in [-0.1, -0.05) is 0 Å². The van der Waals surface area contributed by atoms with E-state index in [1.807, 2.05) is 11.3 Å². The molecule has 1 aliphatic heterocycles. The van der Waals surface area contributed by atoms with Crippen LogP contribution in [-0.4, -0.2) is 24.0 Å². The predicted molar refractivity (Wildman–Crippen MR) is 60.0 cm³/mol. The van der Waals surface area contributed by atoms with E-state index in [2.05, 4.69) is 39.9 Å². The fraction of sp³-hybridized carbons (Fsp3) is 0.556. The maximum absolute atomic E-state index is 5.74. The van der Waals surface area contributed by atoms with Crippen LogP contribution in [-0.2, 0) is 0 Å². The Bertz CT molecular complexity index is 294. The number of halogens is 1. The van der Waals surface area contributed by atoms with Crippen LogP contribution >= 0.6 is 27.3 Å². The first-order valence-corrected chi connectivity index (χ1v) is 6.02. The number of rotatable bonds is 2. The molecule has 1 saturated heterocycles. The van der Waals surface area contributed by atoms with Gasteiger partial charge in [-0.05, 0) is 35.0 Å². The first-order valence-electron chi connectivity index (χ1n) is 4.41. The summed E-state index contributed by atoms with van der Waals surface area (Å²) in [4.78, 5) is 3.82. The molecular formula is C9H13BrN2S. The molecule has 1 atom stereocenters. The smallest absolute Gasteiger partial charge is 0.0701 e. The molecule has 1 unspecified atom stereocenters. The molecule has 1 aromatic rings. The second kappa shape index (κ2) is 3.69. The highest BCUT2D eigenvalue weighted by Gasteiger charge is 2.28. The third-order valence-corrected chi connectivity index (χ3v) is 4.29. The number of nitrogens with two attached hydrogens (primary N) is 1. The zero-order valence-corrected chi connectivity index (χ0v) is 9.94. The van der Waals surface area contributed by atoms with Crippen molar-refractivity contribution < 1.29 is 0 Å². The molecule has 2 rings (SSSR count). The quantitative estimate of drug-likeness (QED) is 0.884. The van der Waals surface area contributed by atoms with E-state index in [4.69, 9.17) is 5.73 Å².